The van der Waals surface area contributed by atoms with E-state index in [1.165, 1.54) is 0 Å². The molecule has 1 heterocycles. The highest BCUT2D eigenvalue weighted by atomic mass is 32.2. The van der Waals surface area contributed by atoms with Gasteiger partial charge in [0.05, 0.1) is 24.3 Å². The monoisotopic (exact) mass is 445 g/mol. The average molecular weight is 446 g/mol. The summed E-state index contributed by atoms with van der Waals surface area (Å²) in [7, 11) is -3.25. The Kier molecular flexibility index (Phi) is 7.83. The summed E-state index contributed by atoms with van der Waals surface area (Å²) in [6, 6.07) is 17.1. The lowest BCUT2D eigenvalue weighted by Gasteiger charge is -2.26. The molecule has 3 rings (SSSR count). The number of aliphatic hydroxyl groups is 1. The third-order valence-corrected chi connectivity index (χ3v) is 6.29. The van der Waals surface area contributed by atoms with Crippen molar-refractivity contribution in [3.63, 3.8) is 0 Å². The minimum Gasteiger partial charge on any atom is -0.392 e. The van der Waals surface area contributed by atoms with E-state index in [4.69, 9.17) is 0 Å². The molecule has 1 aliphatic heterocycles. The van der Waals surface area contributed by atoms with Gasteiger partial charge < -0.3 is 10.4 Å². The highest BCUT2D eigenvalue weighted by molar-refractivity contribution is 7.88. The van der Waals surface area contributed by atoms with Crippen LogP contribution in [0, 0.1) is 0 Å². The lowest BCUT2D eigenvalue weighted by Crippen LogP contribution is -2.39. The van der Waals surface area contributed by atoms with E-state index in [2.05, 4.69) is 14.9 Å². The van der Waals surface area contributed by atoms with E-state index in [9.17, 15) is 18.3 Å². The van der Waals surface area contributed by atoms with Crippen molar-refractivity contribution < 1.29 is 18.3 Å². The van der Waals surface area contributed by atoms with Crippen LogP contribution in [0.3, 0.4) is 0 Å². The molecule has 8 heteroatoms. The zero-order valence-electron chi connectivity index (χ0n) is 18.0. The van der Waals surface area contributed by atoms with Gasteiger partial charge in [-0.1, -0.05) is 54.6 Å². The molecule has 7 nitrogen and oxygen atoms in total. The van der Waals surface area contributed by atoms with Gasteiger partial charge in [0.15, 0.2) is 0 Å². The Morgan fingerprint density at radius 1 is 1.13 bits per heavy atom. The van der Waals surface area contributed by atoms with E-state index in [0.717, 1.165) is 35.9 Å². The minimum atomic E-state index is -3.25. The molecule has 2 aromatic carbocycles. The SMILES string of the molecule is CC(C(=O)NC(CN1CCC(O)C1)c1ccccc1)c1ccc(CNS(C)(=O)=O)cc1. The molecule has 3 unspecified atom stereocenters. The van der Waals surface area contributed by atoms with Crippen molar-refractivity contribution in [3.05, 3.63) is 71.3 Å². The van der Waals surface area contributed by atoms with Gasteiger partial charge in [-0.2, -0.15) is 0 Å². The van der Waals surface area contributed by atoms with Crippen LogP contribution in [-0.2, 0) is 21.4 Å². The normalized spacial score (nSPS) is 19.1. The summed E-state index contributed by atoms with van der Waals surface area (Å²) in [4.78, 5) is 15.2. The van der Waals surface area contributed by atoms with E-state index in [0.29, 0.717) is 13.1 Å². The Labute approximate surface area is 184 Å². The van der Waals surface area contributed by atoms with Crippen LogP contribution in [0.5, 0.6) is 0 Å². The third kappa shape index (κ3) is 7.14. The van der Waals surface area contributed by atoms with Crippen LogP contribution >= 0.6 is 0 Å². The number of hydrogen-bond donors (Lipinski definition) is 3. The van der Waals surface area contributed by atoms with Crippen molar-refractivity contribution in [2.75, 3.05) is 25.9 Å². The molecule has 1 fully saturated rings. The van der Waals surface area contributed by atoms with Crippen molar-refractivity contribution in [1.82, 2.24) is 14.9 Å². The number of rotatable bonds is 9. The number of nitrogens with zero attached hydrogens (tertiary/aromatic N) is 1. The van der Waals surface area contributed by atoms with Crippen LogP contribution in [0.2, 0.25) is 0 Å². The van der Waals surface area contributed by atoms with Crippen molar-refractivity contribution in [3.8, 4) is 0 Å². The second-order valence-corrected chi connectivity index (χ2v) is 10.1. The van der Waals surface area contributed by atoms with Gasteiger partial charge in [-0.05, 0) is 30.0 Å². The van der Waals surface area contributed by atoms with E-state index in [1.54, 1.807) is 0 Å². The maximum Gasteiger partial charge on any atom is 0.227 e. The molecule has 1 amide bonds. The maximum atomic E-state index is 13.0. The molecule has 3 atom stereocenters. The van der Waals surface area contributed by atoms with Gasteiger partial charge in [0.1, 0.15) is 0 Å². The van der Waals surface area contributed by atoms with E-state index in [1.807, 2.05) is 61.5 Å². The molecule has 1 saturated heterocycles. The fourth-order valence-corrected chi connectivity index (χ4v) is 4.17. The zero-order valence-corrected chi connectivity index (χ0v) is 18.8. The van der Waals surface area contributed by atoms with Crippen LogP contribution in [0.15, 0.2) is 54.6 Å². The molecule has 168 valence electrons. The van der Waals surface area contributed by atoms with Crippen LogP contribution in [0.4, 0.5) is 0 Å². The van der Waals surface area contributed by atoms with Gasteiger partial charge >= 0.3 is 0 Å². The number of carbonyl (C=O) groups is 1. The van der Waals surface area contributed by atoms with Crippen molar-refractivity contribution in [2.24, 2.45) is 0 Å². The summed E-state index contributed by atoms with van der Waals surface area (Å²) in [6.07, 6.45) is 1.58. The molecular weight excluding hydrogens is 414 g/mol. The quantitative estimate of drug-likeness (QED) is 0.546. The summed E-state index contributed by atoms with van der Waals surface area (Å²) < 4.78 is 25.0. The number of amides is 1. The predicted molar refractivity (Wildman–Crippen MR) is 121 cm³/mol. The van der Waals surface area contributed by atoms with E-state index in [-0.39, 0.29) is 30.5 Å². The lowest BCUT2D eigenvalue weighted by atomic mass is 9.97. The first-order valence-corrected chi connectivity index (χ1v) is 12.4. The summed E-state index contributed by atoms with van der Waals surface area (Å²) in [5, 5.41) is 13.0. The molecule has 0 aliphatic carbocycles. The highest BCUT2D eigenvalue weighted by Crippen LogP contribution is 2.21. The zero-order chi connectivity index (χ0) is 22.4. The second kappa shape index (κ2) is 10.4. The molecule has 2 aromatic rings. The minimum absolute atomic E-state index is 0.0735. The van der Waals surface area contributed by atoms with Crippen molar-refractivity contribution in [2.45, 2.75) is 38.0 Å². The van der Waals surface area contributed by atoms with Crippen molar-refractivity contribution >= 4 is 15.9 Å². The first-order chi connectivity index (χ1) is 14.7. The number of carbonyl (C=O) groups excluding carboxylic acids is 1. The van der Waals surface area contributed by atoms with Crippen LogP contribution < -0.4 is 10.0 Å². The molecule has 31 heavy (non-hydrogen) atoms. The topological polar surface area (TPSA) is 98.7 Å². The number of sulfonamides is 1. The Morgan fingerprint density at radius 3 is 2.39 bits per heavy atom. The molecule has 0 spiro atoms. The number of hydrogen-bond acceptors (Lipinski definition) is 5. The van der Waals surface area contributed by atoms with Gasteiger partial charge in [0.2, 0.25) is 15.9 Å². The molecule has 0 bridgehead atoms. The second-order valence-electron chi connectivity index (χ2n) is 8.23. The third-order valence-electron chi connectivity index (χ3n) is 5.62. The Hall–Kier alpha value is -2.26. The Morgan fingerprint density at radius 2 is 1.81 bits per heavy atom. The van der Waals surface area contributed by atoms with Crippen LogP contribution in [-0.4, -0.2) is 56.3 Å². The number of β-amino-alcohol motifs (C(OH)–C–C–N with tert-alkyl or cyclic N) is 1. The Balaban J connectivity index is 1.66. The largest absolute Gasteiger partial charge is 0.392 e. The molecule has 0 radical (unpaired) electrons. The number of nitrogens with one attached hydrogen (secondary N) is 2. The fraction of sp³-hybridized carbons (Fsp3) is 0.435. The predicted octanol–water partition coefficient (Wildman–Crippen LogP) is 1.76. The van der Waals surface area contributed by atoms with Gasteiger partial charge in [-0.25, -0.2) is 13.1 Å². The summed E-state index contributed by atoms with van der Waals surface area (Å²) in [5.41, 5.74) is 2.73. The number of aliphatic hydroxyl groups excluding tert-OH is 1. The molecule has 1 aliphatic rings. The van der Waals surface area contributed by atoms with Gasteiger partial charge in [-0.15, -0.1) is 0 Å². The fourth-order valence-electron chi connectivity index (χ4n) is 3.74. The first-order valence-electron chi connectivity index (χ1n) is 10.5. The molecule has 3 N–H and O–H groups in total. The summed E-state index contributed by atoms with van der Waals surface area (Å²) in [6.45, 7) is 4.17. The molecule has 0 saturated carbocycles. The molecule has 0 aromatic heterocycles. The maximum absolute atomic E-state index is 13.0. The van der Waals surface area contributed by atoms with Crippen LogP contribution in [0.1, 0.15) is 42.0 Å². The number of benzene rings is 2. The van der Waals surface area contributed by atoms with E-state index < -0.39 is 10.0 Å². The van der Waals surface area contributed by atoms with Crippen molar-refractivity contribution in [1.29, 1.82) is 0 Å². The standard InChI is InChI=1S/C23H31N3O4S/c1-17(19-10-8-18(9-11-19)14-24-31(2,29)30)23(28)25-22(20-6-4-3-5-7-20)16-26-13-12-21(27)15-26/h3-11,17,21-22,24,27H,12-16H2,1-2H3,(H,25,28). The van der Waals surface area contributed by atoms with Gasteiger partial charge in [0, 0.05) is 26.2 Å². The number of likely N-dealkylation sites (tertiary alicyclic amines) is 1. The average Bonchev–Trinajstić information content (AvgIpc) is 3.16. The van der Waals surface area contributed by atoms with Crippen LogP contribution in [0.25, 0.3) is 0 Å². The first kappa shape index (κ1) is 23.4. The summed E-state index contributed by atoms with van der Waals surface area (Å²) in [5.74, 6) is -0.428. The van der Waals surface area contributed by atoms with Gasteiger partial charge in [-0.3, -0.25) is 9.69 Å². The molecular formula is C23H31N3O4S. The Bertz CT molecular complexity index is 964. The lowest BCUT2D eigenvalue weighted by molar-refractivity contribution is -0.123. The smallest absolute Gasteiger partial charge is 0.227 e. The highest BCUT2D eigenvalue weighted by Gasteiger charge is 2.26. The van der Waals surface area contributed by atoms with E-state index >= 15 is 0 Å². The van der Waals surface area contributed by atoms with Gasteiger partial charge in [0.25, 0.3) is 0 Å². The summed E-state index contributed by atoms with van der Waals surface area (Å²) >= 11 is 0.